The maximum absolute atomic E-state index is 4.22. The molecule has 0 aromatic carbocycles. The summed E-state index contributed by atoms with van der Waals surface area (Å²) in [6.07, 6.45) is 6.62. The van der Waals surface area contributed by atoms with E-state index in [9.17, 15) is 0 Å². The van der Waals surface area contributed by atoms with E-state index < -0.39 is 0 Å². The Kier molecular flexibility index (Phi) is 10.1. The van der Waals surface area contributed by atoms with Crippen LogP contribution in [-0.4, -0.2) is 29.8 Å². The second-order valence-electron chi connectivity index (χ2n) is 4.27. The van der Waals surface area contributed by atoms with E-state index in [0.717, 1.165) is 5.75 Å². The summed E-state index contributed by atoms with van der Waals surface area (Å²) in [5, 5.41) is 0. The molecule has 0 radical (unpaired) electrons. The third-order valence-corrected chi connectivity index (χ3v) is 2.91. The molecule has 2 heteroatoms. The third kappa shape index (κ3) is 7.69. The lowest BCUT2D eigenvalue weighted by Gasteiger charge is -2.25. The summed E-state index contributed by atoms with van der Waals surface area (Å²) in [6.45, 7) is 9.38. The first-order valence-corrected chi connectivity index (χ1v) is 6.70. The number of nitrogens with zero attached hydrogens (tertiary/aromatic N) is 1. The molecule has 0 N–H and O–H groups in total. The van der Waals surface area contributed by atoms with Gasteiger partial charge in [-0.2, -0.15) is 12.6 Å². The molecule has 0 atom stereocenters. The SMILES string of the molecule is CCCN(CCCCCCS)C(C)C. The topological polar surface area (TPSA) is 3.24 Å². The van der Waals surface area contributed by atoms with Crippen LogP contribution in [0.4, 0.5) is 0 Å². The van der Waals surface area contributed by atoms with Crippen molar-refractivity contribution < 1.29 is 0 Å². The normalized spacial score (nSPS) is 11.6. The van der Waals surface area contributed by atoms with Crippen molar-refractivity contribution >= 4 is 12.6 Å². The smallest absolute Gasteiger partial charge is 0.00385 e. The van der Waals surface area contributed by atoms with Crippen LogP contribution in [0.25, 0.3) is 0 Å². The van der Waals surface area contributed by atoms with E-state index in [1.54, 1.807) is 0 Å². The van der Waals surface area contributed by atoms with Crippen LogP contribution in [-0.2, 0) is 0 Å². The van der Waals surface area contributed by atoms with Gasteiger partial charge in [0.15, 0.2) is 0 Å². The minimum Gasteiger partial charge on any atom is -0.301 e. The zero-order valence-corrected chi connectivity index (χ0v) is 11.0. The molecule has 0 heterocycles. The van der Waals surface area contributed by atoms with Crippen molar-refractivity contribution in [3.63, 3.8) is 0 Å². The Balaban J connectivity index is 3.41. The molecule has 0 aliphatic heterocycles. The van der Waals surface area contributed by atoms with Crippen molar-refractivity contribution in [3.05, 3.63) is 0 Å². The van der Waals surface area contributed by atoms with Gasteiger partial charge in [0.25, 0.3) is 0 Å². The molecule has 0 unspecified atom stereocenters. The first-order chi connectivity index (χ1) is 6.72. The summed E-state index contributed by atoms with van der Waals surface area (Å²) in [4.78, 5) is 2.58. The maximum Gasteiger partial charge on any atom is 0.00385 e. The summed E-state index contributed by atoms with van der Waals surface area (Å²) < 4.78 is 0. The molecule has 0 saturated carbocycles. The van der Waals surface area contributed by atoms with Gasteiger partial charge in [-0.1, -0.05) is 19.8 Å². The molecule has 14 heavy (non-hydrogen) atoms. The lowest BCUT2D eigenvalue weighted by molar-refractivity contribution is 0.217. The van der Waals surface area contributed by atoms with E-state index in [0.29, 0.717) is 6.04 Å². The fourth-order valence-corrected chi connectivity index (χ4v) is 1.92. The van der Waals surface area contributed by atoms with E-state index >= 15 is 0 Å². The van der Waals surface area contributed by atoms with Crippen molar-refractivity contribution in [2.75, 3.05) is 18.8 Å². The van der Waals surface area contributed by atoms with E-state index in [-0.39, 0.29) is 0 Å². The van der Waals surface area contributed by atoms with Gasteiger partial charge in [0.1, 0.15) is 0 Å². The van der Waals surface area contributed by atoms with Gasteiger partial charge < -0.3 is 4.90 Å². The fourth-order valence-electron chi connectivity index (χ4n) is 1.70. The van der Waals surface area contributed by atoms with E-state index in [1.807, 2.05) is 0 Å². The standard InChI is InChI=1S/C12H27NS/c1-4-9-13(12(2)3)10-7-5-6-8-11-14/h12,14H,4-11H2,1-3H3. The first kappa shape index (κ1) is 14.3. The molecule has 0 aliphatic carbocycles. The highest BCUT2D eigenvalue weighted by molar-refractivity contribution is 7.80. The molecule has 0 fully saturated rings. The predicted octanol–water partition coefficient (Wildman–Crippen LogP) is 3.60. The molecule has 1 nitrogen and oxygen atoms in total. The summed E-state index contributed by atoms with van der Waals surface area (Å²) in [5.74, 6) is 1.04. The van der Waals surface area contributed by atoms with Crippen LogP contribution in [0, 0.1) is 0 Å². The van der Waals surface area contributed by atoms with Crippen molar-refractivity contribution in [1.29, 1.82) is 0 Å². The molecule has 0 aromatic rings. The van der Waals surface area contributed by atoms with Crippen LogP contribution in [0.2, 0.25) is 0 Å². The molecule has 0 bridgehead atoms. The second kappa shape index (κ2) is 9.85. The van der Waals surface area contributed by atoms with Crippen LogP contribution in [0.3, 0.4) is 0 Å². The van der Waals surface area contributed by atoms with Gasteiger partial charge in [-0.15, -0.1) is 0 Å². The molecule has 86 valence electrons. The van der Waals surface area contributed by atoms with Crippen LogP contribution in [0.15, 0.2) is 0 Å². The van der Waals surface area contributed by atoms with Gasteiger partial charge in [0.05, 0.1) is 0 Å². The molecular formula is C12H27NS. The number of hydrogen-bond acceptors (Lipinski definition) is 2. The van der Waals surface area contributed by atoms with Gasteiger partial charge in [0, 0.05) is 6.04 Å². The van der Waals surface area contributed by atoms with Crippen molar-refractivity contribution in [1.82, 2.24) is 4.90 Å². The van der Waals surface area contributed by atoms with E-state index in [4.69, 9.17) is 0 Å². The number of unbranched alkanes of at least 4 members (excludes halogenated alkanes) is 3. The van der Waals surface area contributed by atoms with Crippen molar-refractivity contribution in [2.24, 2.45) is 0 Å². The Labute approximate surface area is 95.7 Å². The number of rotatable bonds is 9. The van der Waals surface area contributed by atoms with Gasteiger partial charge in [-0.3, -0.25) is 0 Å². The minimum atomic E-state index is 0.708. The Morgan fingerprint density at radius 2 is 1.64 bits per heavy atom. The Morgan fingerprint density at radius 3 is 2.14 bits per heavy atom. The molecule has 0 amide bonds. The average Bonchev–Trinajstić information content (AvgIpc) is 2.15. The van der Waals surface area contributed by atoms with Crippen LogP contribution < -0.4 is 0 Å². The summed E-state index contributed by atoms with van der Waals surface area (Å²) in [7, 11) is 0. The second-order valence-corrected chi connectivity index (χ2v) is 4.71. The third-order valence-electron chi connectivity index (χ3n) is 2.59. The number of thiol groups is 1. The monoisotopic (exact) mass is 217 g/mol. The number of hydrogen-bond donors (Lipinski definition) is 1. The zero-order chi connectivity index (χ0) is 10.8. The fraction of sp³-hybridized carbons (Fsp3) is 1.00. The van der Waals surface area contributed by atoms with Gasteiger partial charge in [-0.05, 0) is 52.0 Å². The molecule has 0 aromatic heterocycles. The lowest BCUT2D eigenvalue weighted by Crippen LogP contribution is -2.32. The Morgan fingerprint density at radius 1 is 1.00 bits per heavy atom. The maximum atomic E-state index is 4.22. The highest BCUT2D eigenvalue weighted by atomic mass is 32.1. The van der Waals surface area contributed by atoms with Crippen LogP contribution in [0.1, 0.15) is 52.9 Å². The highest BCUT2D eigenvalue weighted by Crippen LogP contribution is 2.06. The summed E-state index contributed by atoms with van der Waals surface area (Å²) in [6, 6.07) is 0.708. The summed E-state index contributed by atoms with van der Waals surface area (Å²) in [5.41, 5.74) is 0. The van der Waals surface area contributed by atoms with Crippen molar-refractivity contribution in [2.45, 2.75) is 58.9 Å². The van der Waals surface area contributed by atoms with E-state index in [1.165, 1.54) is 45.2 Å². The van der Waals surface area contributed by atoms with Crippen molar-refractivity contribution in [3.8, 4) is 0 Å². The quantitative estimate of drug-likeness (QED) is 0.456. The molecular weight excluding hydrogens is 190 g/mol. The molecule has 0 rings (SSSR count). The van der Waals surface area contributed by atoms with Gasteiger partial charge in [0.2, 0.25) is 0 Å². The minimum absolute atomic E-state index is 0.708. The Bertz CT molecular complexity index is 115. The van der Waals surface area contributed by atoms with Crippen LogP contribution in [0.5, 0.6) is 0 Å². The van der Waals surface area contributed by atoms with E-state index in [2.05, 4.69) is 38.3 Å². The predicted molar refractivity (Wildman–Crippen MR) is 69.3 cm³/mol. The first-order valence-electron chi connectivity index (χ1n) is 6.07. The van der Waals surface area contributed by atoms with Gasteiger partial charge >= 0.3 is 0 Å². The van der Waals surface area contributed by atoms with Crippen LogP contribution >= 0.6 is 12.6 Å². The molecule has 0 spiro atoms. The molecule has 0 saturated heterocycles. The average molecular weight is 217 g/mol. The summed E-state index contributed by atoms with van der Waals surface area (Å²) >= 11 is 4.22. The highest BCUT2D eigenvalue weighted by Gasteiger charge is 2.06. The molecule has 0 aliphatic rings. The van der Waals surface area contributed by atoms with Gasteiger partial charge in [-0.25, -0.2) is 0 Å². The zero-order valence-electron chi connectivity index (χ0n) is 10.1. The largest absolute Gasteiger partial charge is 0.301 e. The Hall–Kier alpha value is 0.310. The lowest BCUT2D eigenvalue weighted by atomic mass is 10.2.